The predicted octanol–water partition coefficient (Wildman–Crippen LogP) is 5.28. The molecule has 1 nitrogen and oxygen atoms in total. The van der Waals surface area contributed by atoms with Crippen LogP contribution in [-0.4, -0.2) is 0 Å². The molecule has 2 rings (SSSR count). The van der Waals surface area contributed by atoms with Crippen LogP contribution in [0.1, 0.15) is 43.5 Å². The Morgan fingerprint density at radius 3 is 2.40 bits per heavy atom. The Hall–Kier alpha value is -1.38. The van der Waals surface area contributed by atoms with Crippen molar-refractivity contribution < 1.29 is 4.39 Å². The first-order valence-electron chi connectivity index (χ1n) is 6.87. The number of hydrogen-bond donors (Lipinski definition) is 1. The van der Waals surface area contributed by atoms with E-state index in [0.29, 0.717) is 0 Å². The van der Waals surface area contributed by atoms with Gasteiger partial charge in [0.2, 0.25) is 0 Å². The SMILES string of the molecule is CCC(NC(C)c1cccc(F)c1)c1ccc(Cl)cc1. The van der Waals surface area contributed by atoms with Crippen LogP contribution in [-0.2, 0) is 0 Å². The molecule has 0 spiro atoms. The summed E-state index contributed by atoms with van der Waals surface area (Å²) >= 11 is 5.92. The van der Waals surface area contributed by atoms with Crippen molar-refractivity contribution in [3.05, 3.63) is 70.5 Å². The number of halogens is 2. The third kappa shape index (κ3) is 3.81. The summed E-state index contributed by atoms with van der Waals surface area (Å²) < 4.78 is 13.3. The van der Waals surface area contributed by atoms with E-state index in [-0.39, 0.29) is 17.9 Å². The Morgan fingerprint density at radius 2 is 1.80 bits per heavy atom. The maximum absolute atomic E-state index is 13.3. The van der Waals surface area contributed by atoms with Crippen LogP contribution in [0.2, 0.25) is 5.02 Å². The van der Waals surface area contributed by atoms with Crippen LogP contribution in [0.15, 0.2) is 48.5 Å². The second-order valence-electron chi connectivity index (χ2n) is 4.96. The van der Waals surface area contributed by atoms with E-state index in [1.807, 2.05) is 37.3 Å². The molecule has 0 heterocycles. The highest BCUT2D eigenvalue weighted by atomic mass is 35.5. The van der Waals surface area contributed by atoms with Crippen LogP contribution in [0.5, 0.6) is 0 Å². The van der Waals surface area contributed by atoms with Crippen molar-refractivity contribution in [2.75, 3.05) is 0 Å². The molecule has 0 radical (unpaired) electrons. The minimum absolute atomic E-state index is 0.0892. The van der Waals surface area contributed by atoms with Crippen LogP contribution in [0.4, 0.5) is 4.39 Å². The Kier molecular flexibility index (Phi) is 5.16. The first-order valence-corrected chi connectivity index (χ1v) is 7.25. The highest BCUT2D eigenvalue weighted by molar-refractivity contribution is 6.30. The van der Waals surface area contributed by atoms with Crippen LogP contribution in [0.25, 0.3) is 0 Å². The first kappa shape index (κ1) is 15.0. The summed E-state index contributed by atoms with van der Waals surface area (Å²) in [5.74, 6) is -0.198. The van der Waals surface area contributed by atoms with Crippen LogP contribution in [0, 0.1) is 5.82 Å². The van der Waals surface area contributed by atoms with Gasteiger partial charge >= 0.3 is 0 Å². The van der Waals surface area contributed by atoms with E-state index in [2.05, 4.69) is 12.2 Å². The average molecular weight is 292 g/mol. The van der Waals surface area contributed by atoms with E-state index in [0.717, 1.165) is 17.0 Å². The molecule has 0 aliphatic rings. The van der Waals surface area contributed by atoms with Crippen molar-refractivity contribution in [2.45, 2.75) is 32.4 Å². The molecule has 0 aliphatic carbocycles. The molecular formula is C17H19ClFN. The molecule has 2 aromatic rings. The summed E-state index contributed by atoms with van der Waals surface area (Å²) in [6.07, 6.45) is 0.960. The largest absolute Gasteiger partial charge is 0.303 e. The van der Waals surface area contributed by atoms with Gasteiger partial charge in [0, 0.05) is 17.1 Å². The van der Waals surface area contributed by atoms with Gasteiger partial charge in [-0.2, -0.15) is 0 Å². The molecule has 1 N–H and O–H groups in total. The average Bonchev–Trinajstić information content (AvgIpc) is 2.45. The van der Waals surface area contributed by atoms with Gasteiger partial charge in [0.25, 0.3) is 0 Å². The maximum atomic E-state index is 13.3. The maximum Gasteiger partial charge on any atom is 0.123 e. The lowest BCUT2D eigenvalue weighted by Gasteiger charge is -2.23. The fourth-order valence-electron chi connectivity index (χ4n) is 2.32. The topological polar surface area (TPSA) is 12.0 Å². The molecule has 0 fully saturated rings. The minimum atomic E-state index is -0.198. The second-order valence-corrected chi connectivity index (χ2v) is 5.39. The van der Waals surface area contributed by atoms with Crippen molar-refractivity contribution in [1.82, 2.24) is 5.32 Å². The van der Waals surface area contributed by atoms with Crippen molar-refractivity contribution >= 4 is 11.6 Å². The standard InChI is InChI=1S/C17H19ClFN/c1-3-17(13-7-9-15(18)10-8-13)20-12(2)14-5-4-6-16(19)11-14/h4-12,17,20H,3H2,1-2H3. The van der Waals surface area contributed by atoms with E-state index >= 15 is 0 Å². The van der Waals surface area contributed by atoms with E-state index < -0.39 is 0 Å². The molecule has 3 heteroatoms. The van der Waals surface area contributed by atoms with Crippen LogP contribution in [0.3, 0.4) is 0 Å². The van der Waals surface area contributed by atoms with Gasteiger partial charge in [-0.1, -0.05) is 42.8 Å². The molecule has 0 aromatic heterocycles. The van der Waals surface area contributed by atoms with Gasteiger partial charge in [0.05, 0.1) is 0 Å². The molecular weight excluding hydrogens is 273 g/mol. The van der Waals surface area contributed by atoms with E-state index in [1.54, 1.807) is 12.1 Å². The zero-order valence-corrected chi connectivity index (χ0v) is 12.5. The van der Waals surface area contributed by atoms with Gasteiger partial charge < -0.3 is 5.32 Å². The Bertz CT molecular complexity index is 553. The zero-order valence-electron chi connectivity index (χ0n) is 11.7. The monoisotopic (exact) mass is 291 g/mol. The number of benzene rings is 2. The van der Waals surface area contributed by atoms with Crippen LogP contribution >= 0.6 is 11.6 Å². The summed E-state index contributed by atoms with van der Waals surface area (Å²) in [5, 5.41) is 4.27. The van der Waals surface area contributed by atoms with Crippen molar-refractivity contribution in [3.63, 3.8) is 0 Å². The fraction of sp³-hybridized carbons (Fsp3) is 0.294. The highest BCUT2D eigenvalue weighted by Gasteiger charge is 2.14. The van der Waals surface area contributed by atoms with Crippen molar-refractivity contribution in [1.29, 1.82) is 0 Å². The lowest BCUT2D eigenvalue weighted by Crippen LogP contribution is -2.24. The van der Waals surface area contributed by atoms with Gasteiger partial charge in [-0.15, -0.1) is 0 Å². The number of nitrogens with one attached hydrogen (secondary N) is 1. The van der Waals surface area contributed by atoms with Gasteiger partial charge in [0.15, 0.2) is 0 Å². The Labute approximate surface area is 124 Å². The van der Waals surface area contributed by atoms with Gasteiger partial charge in [0.1, 0.15) is 5.82 Å². The second kappa shape index (κ2) is 6.87. The predicted molar refractivity (Wildman–Crippen MR) is 82.4 cm³/mol. The molecule has 0 amide bonds. The summed E-state index contributed by atoms with van der Waals surface area (Å²) in [4.78, 5) is 0. The molecule has 2 atom stereocenters. The van der Waals surface area contributed by atoms with Crippen molar-refractivity contribution in [3.8, 4) is 0 Å². The van der Waals surface area contributed by atoms with Gasteiger partial charge in [-0.3, -0.25) is 0 Å². The highest BCUT2D eigenvalue weighted by Crippen LogP contribution is 2.23. The number of hydrogen-bond acceptors (Lipinski definition) is 1. The molecule has 0 aliphatic heterocycles. The normalized spacial score (nSPS) is 14.0. The number of rotatable bonds is 5. The molecule has 20 heavy (non-hydrogen) atoms. The van der Waals surface area contributed by atoms with E-state index in [4.69, 9.17) is 11.6 Å². The Balaban J connectivity index is 2.11. The first-order chi connectivity index (χ1) is 9.60. The fourth-order valence-corrected chi connectivity index (χ4v) is 2.44. The third-order valence-corrected chi connectivity index (χ3v) is 3.73. The summed E-state index contributed by atoms with van der Waals surface area (Å²) in [5.41, 5.74) is 2.15. The van der Waals surface area contributed by atoms with Crippen LogP contribution < -0.4 is 5.32 Å². The molecule has 106 valence electrons. The quantitative estimate of drug-likeness (QED) is 0.790. The van der Waals surface area contributed by atoms with E-state index in [9.17, 15) is 4.39 Å². The molecule has 0 bridgehead atoms. The summed E-state index contributed by atoms with van der Waals surface area (Å²) in [7, 11) is 0. The Morgan fingerprint density at radius 1 is 1.10 bits per heavy atom. The molecule has 2 aromatic carbocycles. The molecule has 0 saturated carbocycles. The minimum Gasteiger partial charge on any atom is -0.303 e. The van der Waals surface area contributed by atoms with Crippen molar-refractivity contribution in [2.24, 2.45) is 0 Å². The molecule has 2 unspecified atom stereocenters. The summed E-state index contributed by atoms with van der Waals surface area (Å²) in [6.45, 7) is 4.18. The zero-order chi connectivity index (χ0) is 14.5. The smallest absolute Gasteiger partial charge is 0.123 e. The van der Waals surface area contributed by atoms with E-state index in [1.165, 1.54) is 11.6 Å². The molecule has 0 saturated heterocycles. The third-order valence-electron chi connectivity index (χ3n) is 3.48. The van der Waals surface area contributed by atoms with Gasteiger partial charge in [-0.05, 0) is 48.7 Å². The lowest BCUT2D eigenvalue weighted by molar-refractivity contribution is 0.455. The van der Waals surface area contributed by atoms with Gasteiger partial charge in [-0.25, -0.2) is 4.39 Å². The summed E-state index contributed by atoms with van der Waals surface area (Å²) in [6, 6.07) is 14.9. The lowest BCUT2D eigenvalue weighted by atomic mass is 10.0.